The van der Waals surface area contributed by atoms with E-state index in [4.69, 9.17) is 4.74 Å². The van der Waals surface area contributed by atoms with Crippen molar-refractivity contribution in [3.8, 4) is 17.2 Å². The number of carboxylic acid groups (broad SMARTS) is 1. The van der Waals surface area contributed by atoms with Gasteiger partial charge in [0.1, 0.15) is 5.56 Å². The number of unbranched alkanes of at least 4 members (excludes halogenated alkanes) is 11. The molecule has 0 spiro atoms. The Morgan fingerprint density at radius 3 is 1.66 bits per heavy atom. The highest BCUT2D eigenvalue weighted by atomic mass is 16.5. The van der Waals surface area contributed by atoms with Gasteiger partial charge in [0.25, 0.3) is 0 Å². The van der Waals surface area contributed by atoms with Crippen LogP contribution >= 0.6 is 0 Å². The fourth-order valence-electron chi connectivity index (χ4n) is 4.24. The third kappa shape index (κ3) is 9.30. The summed E-state index contributed by atoms with van der Waals surface area (Å²) < 4.78 is 6.00. The van der Waals surface area contributed by atoms with E-state index in [2.05, 4.69) is 20.8 Å². The molecule has 0 amide bonds. The molecule has 1 aromatic carbocycles. The molecule has 0 aliphatic rings. The van der Waals surface area contributed by atoms with Crippen LogP contribution < -0.4 is 4.74 Å². The largest absolute Gasteiger partial charge is 0.504 e. The quantitative estimate of drug-likeness (QED) is 0.148. The molecule has 32 heavy (non-hydrogen) atoms. The summed E-state index contributed by atoms with van der Waals surface area (Å²) in [4.78, 5) is 11.9. The highest BCUT2D eigenvalue weighted by molar-refractivity contribution is 5.95. The molecule has 0 saturated carbocycles. The minimum absolute atomic E-state index is 0.162. The van der Waals surface area contributed by atoms with Crippen molar-refractivity contribution in [3.63, 3.8) is 0 Å². The van der Waals surface area contributed by atoms with E-state index in [0.717, 1.165) is 56.9 Å². The first-order valence-electron chi connectivity index (χ1n) is 12.9. The van der Waals surface area contributed by atoms with Gasteiger partial charge < -0.3 is 20.1 Å². The molecule has 0 radical (unpaired) electrons. The second-order valence-corrected chi connectivity index (χ2v) is 8.90. The lowest BCUT2D eigenvalue weighted by molar-refractivity contribution is 0.0691. The second-order valence-electron chi connectivity index (χ2n) is 8.90. The average molecular weight is 451 g/mol. The molecule has 0 aliphatic heterocycles. The molecular formula is C27H46O5. The van der Waals surface area contributed by atoms with Crippen LogP contribution in [0.25, 0.3) is 0 Å². The average Bonchev–Trinajstić information content (AvgIpc) is 2.77. The Bertz CT molecular complexity index is 669. The lowest BCUT2D eigenvalue weighted by Crippen LogP contribution is -2.11. The SMILES string of the molecule is CCCCCCCCCCOc1c(O)c(O)c(C(=O)O)c(CCCCC)c1CCCCC. The Hall–Kier alpha value is -1.91. The van der Waals surface area contributed by atoms with E-state index >= 15 is 0 Å². The van der Waals surface area contributed by atoms with Crippen molar-refractivity contribution in [3.05, 3.63) is 16.7 Å². The summed E-state index contributed by atoms with van der Waals surface area (Å²) in [6, 6.07) is 0. The van der Waals surface area contributed by atoms with E-state index in [0.29, 0.717) is 25.0 Å². The standard InChI is InChI=1S/C27H46O5/c1-4-7-10-11-12-13-14-17-20-32-26-22(19-16-9-6-3)21(18-15-8-5-2)23(27(30)31)24(28)25(26)29/h28-29H,4-20H2,1-3H3,(H,30,31). The minimum Gasteiger partial charge on any atom is -0.504 e. The van der Waals surface area contributed by atoms with Gasteiger partial charge in [0.2, 0.25) is 5.75 Å². The number of phenolic OH excluding ortho intramolecular Hbond substituents is 1. The number of phenols is 2. The van der Waals surface area contributed by atoms with Crippen LogP contribution in [0.15, 0.2) is 0 Å². The Kier molecular flexibility index (Phi) is 14.7. The van der Waals surface area contributed by atoms with Gasteiger partial charge in [0.15, 0.2) is 11.5 Å². The van der Waals surface area contributed by atoms with Gasteiger partial charge in [-0.2, -0.15) is 0 Å². The molecule has 0 unspecified atom stereocenters. The first-order chi connectivity index (χ1) is 15.5. The van der Waals surface area contributed by atoms with Crippen molar-refractivity contribution < 1.29 is 24.9 Å². The molecule has 0 heterocycles. The summed E-state index contributed by atoms with van der Waals surface area (Å²) in [5, 5.41) is 30.9. The number of rotatable bonds is 19. The van der Waals surface area contributed by atoms with Crippen LogP contribution in [0, 0.1) is 0 Å². The topological polar surface area (TPSA) is 87.0 Å². The number of aromatic carboxylic acids is 1. The number of ether oxygens (including phenoxy) is 1. The molecular weight excluding hydrogens is 404 g/mol. The fourth-order valence-corrected chi connectivity index (χ4v) is 4.24. The van der Waals surface area contributed by atoms with Crippen molar-refractivity contribution >= 4 is 5.97 Å². The molecule has 1 rings (SSSR count). The summed E-state index contributed by atoms with van der Waals surface area (Å²) in [5.41, 5.74) is 1.23. The molecule has 0 saturated heterocycles. The smallest absolute Gasteiger partial charge is 0.339 e. The van der Waals surface area contributed by atoms with Crippen LogP contribution in [-0.2, 0) is 12.8 Å². The first-order valence-corrected chi connectivity index (χ1v) is 12.9. The minimum atomic E-state index is -1.20. The molecule has 184 valence electrons. The molecule has 5 heteroatoms. The Labute approximate surface area is 195 Å². The fraction of sp³-hybridized carbons (Fsp3) is 0.741. The maximum absolute atomic E-state index is 11.9. The summed E-state index contributed by atoms with van der Waals surface area (Å²) in [5.74, 6) is -1.89. The third-order valence-electron chi connectivity index (χ3n) is 6.14. The van der Waals surface area contributed by atoms with Gasteiger partial charge >= 0.3 is 5.97 Å². The summed E-state index contributed by atoms with van der Waals surface area (Å²) >= 11 is 0. The number of aromatic hydroxyl groups is 2. The summed E-state index contributed by atoms with van der Waals surface area (Å²) in [7, 11) is 0. The van der Waals surface area contributed by atoms with Crippen LogP contribution in [0.1, 0.15) is 132 Å². The van der Waals surface area contributed by atoms with Gasteiger partial charge in [0, 0.05) is 5.56 Å². The maximum Gasteiger partial charge on any atom is 0.339 e. The highest BCUT2D eigenvalue weighted by Gasteiger charge is 2.27. The van der Waals surface area contributed by atoms with Gasteiger partial charge in [-0.3, -0.25) is 0 Å². The zero-order valence-electron chi connectivity index (χ0n) is 20.7. The van der Waals surface area contributed by atoms with Crippen LogP contribution in [-0.4, -0.2) is 27.9 Å². The molecule has 3 N–H and O–H groups in total. The van der Waals surface area contributed by atoms with Crippen molar-refractivity contribution in [1.82, 2.24) is 0 Å². The Morgan fingerprint density at radius 2 is 1.12 bits per heavy atom. The van der Waals surface area contributed by atoms with E-state index in [9.17, 15) is 20.1 Å². The number of carbonyl (C=O) groups is 1. The van der Waals surface area contributed by atoms with Gasteiger partial charge in [-0.1, -0.05) is 91.4 Å². The lowest BCUT2D eigenvalue weighted by Gasteiger charge is -2.21. The van der Waals surface area contributed by atoms with E-state index in [1.54, 1.807) is 0 Å². The van der Waals surface area contributed by atoms with Crippen molar-refractivity contribution in [2.24, 2.45) is 0 Å². The molecule has 0 fully saturated rings. The summed E-state index contributed by atoms with van der Waals surface area (Å²) in [6.45, 7) is 6.91. The van der Waals surface area contributed by atoms with E-state index in [1.165, 1.54) is 38.5 Å². The molecule has 5 nitrogen and oxygen atoms in total. The van der Waals surface area contributed by atoms with E-state index in [-0.39, 0.29) is 11.3 Å². The number of benzene rings is 1. The normalized spacial score (nSPS) is 11.1. The Morgan fingerprint density at radius 1 is 0.656 bits per heavy atom. The van der Waals surface area contributed by atoms with Crippen molar-refractivity contribution in [2.45, 2.75) is 124 Å². The van der Waals surface area contributed by atoms with Crippen molar-refractivity contribution in [2.75, 3.05) is 6.61 Å². The molecule has 0 aromatic heterocycles. The zero-order chi connectivity index (χ0) is 23.8. The van der Waals surface area contributed by atoms with E-state index < -0.39 is 17.5 Å². The number of hydrogen-bond donors (Lipinski definition) is 3. The molecule has 0 atom stereocenters. The van der Waals surface area contributed by atoms with Crippen LogP contribution in [0.4, 0.5) is 0 Å². The molecule has 0 aliphatic carbocycles. The van der Waals surface area contributed by atoms with Gasteiger partial charge in [-0.25, -0.2) is 4.79 Å². The number of hydrogen-bond acceptors (Lipinski definition) is 4. The second kappa shape index (κ2) is 16.7. The van der Waals surface area contributed by atoms with Crippen LogP contribution in [0.3, 0.4) is 0 Å². The van der Waals surface area contributed by atoms with E-state index in [1.807, 2.05) is 0 Å². The molecule has 1 aromatic rings. The van der Waals surface area contributed by atoms with Gasteiger partial charge in [-0.05, 0) is 37.7 Å². The number of carboxylic acids is 1. The van der Waals surface area contributed by atoms with Crippen molar-refractivity contribution in [1.29, 1.82) is 0 Å². The lowest BCUT2D eigenvalue weighted by atomic mass is 9.90. The predicted octanol–water partition coefficient (Wildman–Crippen LogP) is 7.78. The van der Waals surface area contributed by atoms with Crippen LogP contribution in [0.2, 0.25) is 0 Å². The maximum atomic E-state index is 11.9. The molecule has 0 bridgehead atoms. The van der Waals surface area contributed by atoms with Crippen LogP contribution in [0.5, 0.6) is 17.2 Å². The zero-order valence-corrected chi connectivity index (χ0v) is 20.7. The predicted molar refractivity (Wildman–Crippen MR) is 131 cm³/mol. The Balaban J connectivity index is 2.97. The monoisotopic (exact) mass is 450 g/mol. The van der Waals surface area contributed by atoms with Gasteiger partial charge in [-0.15, -0.1) is 0 Å². The summed E-state index contributed by atoms with van der Waals surface area (Å²) in [6.07, 6.45) is 16.6. The third-order valence-corrected chi connectivity index (χ3v) is 6.14. The highest BCUT2D eigenvalue weighted by Crippen LogP contribution is 2.45. The van der Waals surface area contributed by atoms with Gasteiger partial charge in [0.05, 0.1) is 6.61 Å². The first kappa shape index (κ1) is 28.1.